The van der Waals surface area contributed by atoms with Crippen molar-refractivity contribution < 1.29 is 19.4 Å². The molecule has 5 nitrogen and oxygen atoms in total. The molecular formula is C16H21NO4. The Kier molecular flexibility index (Phi) is 5.96. The number of carboxylic acids is 1. The van der Waals surface area contributed by atoms with Crippen molar-refractivity contribution in [2.24, 2.45) is 0 Å². The average Bonchev–Trinajstić information content (AvgIpc) is 2.42. The normalized spacial score (nSPS) is 10.3. The second-order valence-electron chi connectivity index (χ2n) is 4.85. The summed E-state index contributed by atoms with van der Waals surface area (Å²) in [5.41, 5.74) is 0.334. The first-order chi connectivity index (χ1) is 9.88. The van der Waals surface area contributed by atoms with Gasteiger partial charge >= 0.3 is 5.97 Å². The summed E-state index contributed by atoms with van der Waals surface area (Å²) in [6.45, 7) is 10.1. The van der Waals surface area contributed by atoms with Crippen LogP contribution in [0.3, 0.4) is 0 Å². The molecular weight excluding hydrogens is 270 g/mol. The molecule has 1 amide bonds. The van der Waals surface area contributed by atoms with Gasteiger partial charge in [-0.1, -0.05) is 6.08 Å². The Morgan fingerprint density at radius 3 is 2.43 bits per heavy atom. The molecule has 0 fully saturated rings. The summed E-state index contributed by atoms with van der Waals surface area (Å²) in [5, 5.41) is 9.15. The highest BCUT2D eigenvalue weighted by molar-refractivity contribution is 5.98. The maximum absolute atomic E-state index is 12.4. The summed E-state index contributed by atoms with van der Waals surface area (Å²) in [5.74, 6) is -0.956. The van der Waals surface area contributed by atoms with Gasteiger partial charge in [-0.05, 0) is 39.0 Å². The van der Waals surface area contributed by atoms with E-state index in [2.05, 4.69) is 6.58 Å². The van der Waals surface area contributed by atoms with Crippen LogP contribution in [0.5, 0.6) is 5.75 Å². The summed E-state index contributed by atoms with van der Waals surface area (Å²) >= 11 is 0. The van der Waals surface area contributed by atoms with Crippen LogP contribution in [0.15, 0.2) is 30.9 Å². The number of benzene rings is 1. The number of carboxylic acid groups (broad SMARTS) is 1. The molecule has 0 saturated heterocycles. The minimum Gasteiger partial charge on any atom is -0.491 e. The number of carbonyl (C=O) groups excluding carboxylic acids is 1. The summed E-state index contributed by atoms with van der Waals surface area (Å²) in [7, 11) is 0. The molecule has 1 aromatic rings. The van der Waals surface area contributed by atoms with Gasteiger partial charge in [-0.15, -0.1) is 6.58 Å². The fourth-order valence-electron chi connectivity index (χ4n) is 1.88. The van der Waals surface area contributed by atoms with E-state index in [0.29, 0.717) is 24.4 Å². The number of nitrogens with zero attached hydrogens (tertiary/aromatic N) is 1. The molecule has 0 saturated carbocycles. The molecule has 0 radical (unpaired) electrons. The van der Waals surface area contributed by atoms with Gasteiger partial charge in [-0.2, -0.15) is 0 Å². The monoisotopic (exact) mass is 291 g/mol. The molecule has 1 rings (SSSR count). The zero-order valence-corrected chi connectivity index (χ0v) is 12.6. The Morgan fingerprint density at radius 2 is 1.95 bits per heavy atom. The Bertz CT molecular complexity index is 537. The largest absolute Gasteiger partial charge is 0.491 e. The second-order valence-corrected chi connectivity index (χ2v) is 4.85. The molecule has 0 heterocycles. The van der Waals surface area contributed by atoms with Crippen molar-refractivity contribution in [3.63, 3.8) is 0 Å². The lowest BCUT2D eigenvalue weighted by atomic mass is 10.1. The molecule has 0 aromatic heterocycles. The summed E-state index contributed by atoms with van der Waals surface area (Å²) in [6, 6.07) is 4.35. The van der Waals surface area contributed by atoms with E-state index in [0.717, 1.165) is 0 Å². The number of hydrogen-bond acceptors (Lipinski definition) is 3. The average molecular weight is 291 g/mol. The van der Waals surface area contributed by atoms with Gasteiger partial charge in [0.15, 0.2) is 0 Å². The van der Waals surface area contributed by atoms with E-state index in [1.807, 2.05) is 20.8 Å². The quantitative estimate of drug-likeness (QED) is 0.784. The first-order valence-electron chi connectivity index (χ1n) is 6.84. The van der Waals surface area contributed by atoms with Crippen LogP contribution >= 0.6 is 0 Å². The van der Waals surface area contributed by atoms with Crippen LogP contribution in [-0.2, 0) is 0 Å². The van der Waals surface area contributed by atoms with Crippen LogP contribution in [-0.4, -0.2) is 41.1 Å². The molecule has 0 aliphatic rings. The molecule has 0 spiro atoms. The summed E-state index contributed by atoms with van der Waals surface area (Å²) in [4.78, 5) is 25.2. The number of ether oxygens (including phenoxy) is 1. The molecule has 0 aliphatic heterocycles. The van der Waals surface area contributed by atoms with E-state index in [9.17, 15) is 9.59 Å². The third-order valence-electron chi connectivity index (χ3n) is 2.79. The van der Waals surface area contributed by atoms with Crippen molar-refractivity contribution >= 4 is 11.9 Å². The van der Waals surface area contributed by atoms with Gasteiger partial charge in [0.25, 0.3) is 5.91 Å². The van der Waals surface area contributed by atoms with Gasteiger partial charge < -0.3 is 14.7 Å². The van der Waals surface area contributed by atoms with E-state index >= 15 is 0 Å². The van der Waals surface area contributed by atoms with Crippen molar-refractivity contribution in [2.75, 3.05) is 13.1 Å². The predicted octanol–water partition coefficient (Wildman–Crippen LogP) is 2.82. The second kappa shape index (κ2) is 7.47. The molecule has 114 valence electrons. The van der Waals surface area contributed by atoms with Crippen LogP contribution in [0.25, 0.3) is 0 Å². The van der Waals surface area contributed by atoms with Gasteiger partial charge in [0.05, 0.1) is 11.7 Å². The molecule has 0 atom stereocenters. The lowest BCUT2D eigenvalue weighted by Gasteiger charge is -2.20. The number of amides is 1. The van der Waals surface area contributed by atoms with Gasteiger partial charge in [0.2, 0.25) is 0 Å². The fourth-order valence-corrected chi connectivity index (χ4v) is 1.88. The predicted molar refractivity (Wildman–Crippen MR) is 80.9 cm³/mol. The van der Waals surface area contributed by atoms with E-state index < -0.39 is 5.97 Å². The Morgan fingerprint density at radius 1 is 1.33 bits per heavy atom. The minimum absolute atomic E-state index is 0.0335. The zero-order chi connectivity index (χ0) is 16.0. The van der Waals surface area contributed by atoms with Crippen molar-refractivity contribution in [1.82, 2.24) is 4.90 Å². The highest BCUT2D eigenvalue weighted by Crippen LogP contribution is 2.20. The Balaban J connectivity index is 3.20. The lowest BCUT2D eigenvalue weighted by molar-refractivity contribution is 0.0696. The number of aromatic carboxylic acids is 1. The topological polar surface area (TPSA) is 66.8 Å². The van der Waals surface area contributed by atoms with Crippen LogP contribution in [0, 0.1) is 0 Å². The molecule has 21 heavy (non-hydrogen) atoms. The van der Waals surface area contributed by atoms with Crippen molar-refractivity contribution in [3.05, 3.63) is 42.0 Å². The smallest absolute Gasteiger partial charge is 0.335 e. The van der Waals surface area contributed by atoms with E-state index in [4.69, 9.17) is 9.84 Å². The van der Waals surface area contributed by atoms with Crippen LogP contribution in [0.2, 0.25) is 0 Å². The van der Waals surface area contributed by atoms with Crippen molar-refractivity contribution in [3.8, 4) is 5.75 Å². The Hall–Kier alpha value is -2.30. The van der Waals surface area contributed by atoms with E-state index in [1.54, 1.807) is 17.0 Å². The van der Waals surface area contributed by atoms with Gasteiger partial charge in [0, 0.05) is 18.7 Å². The zero-order valence-electron chi connectivity index (χ0n) is 12.6. The molecule has 0 unspecified atom stereocenters. The highest BCUT2D eigenvalue weighted by Gasteiger charge is 2.17. The van der Waals surface area contributed by atoms with Crippen molar-refractivity contribution in [2.45, 2.75) is 26.9 Å². The maximum Gasteiger partial charge on any atom is 0.335 e. The Labute approximate surface area is 124 Å². The first-order valence-corrected chi connectivity index (χ1v) is 6.84. The molecule has 1 N–H and O–H groups in total. The third kappa shape index (κ3) is 4.63. The van der Waals surface area contributed by atoms with Gasteiger partial charge in [0.1, 0.15) is 5.75 Å². The van der Waals surface area contributed by atoms with Crippen LogP contribution < -0.4 is 4.74 Å². The van der Waals surface area contributed by atoms with Gasteiger partial charge in [-0.3, -0.25) is 4.79 Å². The maximum atomic E-state index is 12.4. The minimum atomic E-state index is -1.09. The third-order valence-corrected chi connectivity index (χ3v) is 2.79. The lowest BCUT2D eigenvalue weighted by Crippen LogP contribution is -2.31. The number of likely N-dealkylation sites (N-methyl/N-ethyl adjacent to an activating group) is 1. The van der Waals surface area contributed by atoms with Crippen LogP contribution in [0.4, 0.5) is 0 Å². The molecule has 0 aliphatic carbocycles. The van der Waals surface area contributed by atoms with E-state index in [-0.39, 0.29) is 17.6 Å². The number of rotatable bonds is 7. The number of hydrogen-bond donors (Lipinski definition) is 1. The summed E-state index contributed by atoms with van der Waals surface area (Å²) in [6.07, 6.45) is 1.53. The standard InChI is InChI=1S/C16H21NO4/c1-5-7-17(6-2)15(18)12-8-13(16(19)20)10-14(9-12)21-11(3)4/h5,8-11H,1,6-7H2,2-4H3,(H,19,20). The molecule has 1 aromatic carbocycles. The SMILES string of the molecule is C=CCN(CC)C(=O)c1cc(OC(C)C)cc(C(=O)O)c1. The van der Waals surface area contributed by atoms with E-state index in [1.165, 1.54) is 12.1 Å². The molecule has 5 heteroatoms. The van der Waals surface area contributed by atoms with Crippen molar-refractivity contribution in [1.29, 1.82) is 0 Å². The van der Waals surface area contributed by atoms with Crippen LogP contribution in [0.1, 0.15) is 41.5 Å². The number of carbonyl (C=O) groups is 2. The fraction of sp³-hybridized carbons (Fsp3) is 0.375. The highest BCUT2D eigenvalue weighted by atomic mass is 16.5. The summed E-state index contributed by atoms with van der Waals surface area (Å²) < 4.78 is 5.51. The first kappa shape index (κ1) is 16.8. The van der Waals surface area contributed by atoms with Gasteiger partial charge in [-0.25, -0.2) is 4.79 Å². The molecule has 0 bridgehead atoms.